The maximum atomic E-state index is 14.1. The Balaban J connectivity index is 3.31. The van der Waals surface area contributed by atoms with Crippen molar-refractivity contribution >= 4 is 5.71 Å². The van der Waals surface area contributed by atoms with Gasteiger partial charge < -0.3 is 0 Å². The van der Waals surface area contributed by atoms with Gasteiger partial charge in [-0.2, -0.15) is 0 Å². The van der Waals surface area contributed by atoms with E-state index in [1.807, 2.05) is 6.07 Å². The lowest BCUT2D eigenvalue weighted by atomic mass is 9.77. The molecule has 128 valence electrons. The van der Waals surface area contributed by atoms with E-state index in [9.17, 15) is 4.39 Å². The van der Waals surface area contributed by atoms with Gasteiger partial charge in [0.25, 0.3) is 0 Å². The lowest BCUT2D eigenvalue weighted by molar-refractivity contribution is 0.343. The molecule has 1 nitrogen and oxygen atoms in total. The number of halogens is 1. The molecule has 0 N–H and O–H groups in total. The lowest BCUT2D eigenvalue weighted by Crippen LogP contribution is -2.19. The molecule has 1 rings (SSSR count). The first kappa shape index (κ1) is 19.6. The summed E-state index contributed by atoms with van der Waals surface area (Å²) in [6.07, 6.45) is 3.27. The summed E-state index contributed by atoms with van der Waals surface area (Å²) in [4.78, 5) is 4.36. The highest BCUT2D eigenvalue weighted by Gasteiger charge is 2.23. The zero-order valence-electron chi connectivity index (χ0n) is 15.7. The fourth-order valence-corrected chi connectivity index (χ4v) is 3.09. The second kappa shape index (κ2) is 9.00. The summed E-state index contributed by atoms with van der Waals surface area (Å²) in [6, 6.07) is 6.88. The van der Waals surface area contributed by atoms with Crippen molar-refractivity contribution in [3.63, 3.8) is 0 Å². The van der Waals surface area contributed by atoms with E-state index < -0.39 is 0 Å². The van der Waals surface area contributed by atoms with E-state index in [0.717, 1.165) is 12.1 Å². The van der Waals surface area contributed by atoms with Gasteiger partial charge in [0.15, 0.2) is 0 Å². The van der Waals surface area contributed by atoms with Crippen LogP contribution in [0.1, 0.15) is 53.5 Å². The van der Waals surface area contributed by atoms with E-state index >= 15 is 0 Å². The third-order valence-corrected chi connectivity index (χ3v) is 4.32. The molecule has 0 aliphatic carbocycles. The number of aliphatic imine (C=N–C) groups is 1. The zero-order valence-corrected chi connectivity index (χ0v) is 15.7. The van der Waals surface area contributed by atoms with Crippen LogP contribution in [0, 0.1) is 29.5 Å². The van der Waals surface area contributed by atoms with Crippen LogP contribution >= 0.6 is 0 Å². The highest BCUT2D eigenvalue weighted by molar-refractivity contribution is 6.09. The molecular weight excluding hydrogens is 285 g/mol. The summed E-state index contributed by atoms with van der Waals surface area (Å²) >= 11 is 0. The van der Waals surface area contributed by atoms with Gasteiger partial charge in [-0.1, -0.05) is 59.2 Å². The number of hydrogen-bond acceptors (Lipinski definition) is 1. The Hall–Kier alpha value is -1.44. The molecule has 1 aromatic carbocycles. The van der Waals surface area contributed by atoms with Crippen LogP contribution in [0.15, 0.2) is 40.9 Å². The molecule has 0 fully saturated rings. The number of allylic oxidation sites excluding steroid dienone is 2. The predicted octanol–water partition coefficient (Wildman–Crippen LogP) is 6.15. The summed E-state index contributed by atoms with van der Waals surface area (Å²) in [5.74, 6) is 1.91. The van der Waals surface area contributed by atoms with Crippen molar-refractivity contribution in [1.82, 2.24) is 0 Å². The van der Waals surface area contributed by atoms with E-state index in [2.05, 4.69) is 52.6 Å². The van der Waals surface area contributed by atoms with Gasteiger partial charge in [0, 0.05) is 12.6 Å². The van der Waals surface area contributed by atoms with E-state index in [-0.39, 0.29) is 5.82 Å². The molecule has 0 spiro atoms. The van der Waals surface area contributed by atoms with Crippen molar-refractivity contribution in [2.24, 2.45) is 28.7 Å². The Kier molecular flexibility index (Phi) is 7.67. The Morgan fingerprint density at radius 1 is 1.09 bits per heavy atom. The van der Waals surface area contributed by atoms with Crippen LogP contribution < -0.4 is 0 Å². The first-order chi connectivity index (χ1) is 10.8. The second-order valence-corrected chi connectivity index (χ2v) is 7.37. The monoisotopic (exact) mass is 317 g/mol. The molecular formula is C21H32FN. The third-order valence-electron chi connectivity index (χ3n) is 4.32. The molecule has 0 heterocycles. The van der Waals surface area contributed by atoms with E-state index in [4.69, 9.17) is 0 Å². The molecule has 1 atom stereocenters. The van der Waals surface area contributed by atoms with Crippen LogP contribution in [0.3, 0.4) is 0 Å². The van der Waals surface area contributed by atoms with Crippen LogP contribution in [-0.4, -0.2) is 12.8 Å². The zero-order chi connectivity index (χ0) is 17.6. The summed E-state index contributed by atoms with van der Waals surface area (Å²) in [7, 11) is 1.74. The minimum absolute atomic E-state index is 0.211. The minimum atomic E-state index is -0.211. The Labute approximate surface area is 141 Å². The molecule has 0 bridgehead atoms. The highest BCUT2D eigenvalue weighted by atomic mass is 19.1. The molecule has 1 unspecified atom stereocenters. The smallest absolute Gasteiger partial charge is 0.132 e. The predicted molar refractivity (Wildman–Crippen MR) is 99.6 cm³/mol. The van der Waals surface area contributed by atoms with Gasteiger partial charge in [0.2, 0.25) is 0 Å². The normalized spacial score (nSPS) is 14.9. The average Bonchev–Trinajstić information content (AvgIpc) is 2.47. The van der Waals surface area contributed by atoms with Gasteiger partial charge in [-0.3, -0.25) is 4.99 Å². The van der Waals surface area contributed by atoms with Crippen molar-refractivity contribution in [3.05, 3.63) is 47.3 Å². The maximum absolute atomic E-state index is 14.1. The molecule has 0 saturated carbocycles. The van der Waals surface area contributed by atoms with Crippen molar-refractivity contribution in [2.45, 2.75) is 48.0 Å². The highest BCUT2D eigenvalue weighted by Crippen LogP contribution is 2.32. The SMILES string of the molecule is CN=C(/C=C(\C(C)C)C(CC(C)C)C(C)C)c1ccccc1F. The van der Waals surface area contributed by atoms with Crippen LogP contribution in [0.2, 0.25) is 0 Å². The standard InChI is InChI=1S/C21H32FN/c1-14(2)12-18(15(3)4)19(16(5)6)13-21(23-7)17-10-8-9-11-20(17)22/h8-11,13-16,18H,12H2,1-7H3/b19-13+,23-21?. The van der Waals surface area contributed by atoms with Gasteiger partial charge in [-0.15, -0.1) is 0 Å². The topological polar surface area (TPSA) is 12.4 Å². The Morgan fingerprint density at radius 3 is 2.13 bits per heavy atom. The minimum Gasteiger partial charge on any atom is -0.288 e. The van der Waals surface area contributed by atoms with Crippen molar-refractivity contribution < 1.29 is 4.39 Å². The van der Waals surface area contributed by atoms with Crippen molar-refractivity contribution in [2.75, 3.05) is 7.05 Å². The molecule has 1 aromatic rings. The molecule has 23 heavy (non-hydrogen) atoms. The fourth-order valence-electron chi connectivity index (χ4n) is 3.09. The summed E-state index contributed by atoms with van der Waals surface area (Å²) in [5.41, 5.74) is 2.69. The van der Waals surface area contributed by atoms with E-state index in [1.165, 1.54) is 11.6 Å². The van der Waals surface area contributed by atoms with Gasteiger partial charge in [0.1, 0.15) is 5.82 Å². The van der Waals surface area contributed by atoms with E-state index in [1.54, 1.807) is 19.2 Å². The fraction of sp³-hybridized carbons (Fsp3) is 0.571. The average molecular weight is 317 g/mol. The third kappa shape index (κ3) is 5.60. The number of nitrogens with zero attached hydrogens (tertiary/aromatic N) is 1. The summed E-state index contributed by atoms with van der Waals surface area (Å²) in [5, 5.41) is 0. The first-order valence-electron chi connectivity index (χ1n) is 8.71. The molecule has 0 aliphatic rings. The molecule has 0 amide bonds. The van der Waals surface area contributed by atoms with Gasteiger partial charge in [-0.25, -0.2) is 4.39 Å². The largest absolute Gasteiger partial charge is 0.288 e. The molecule has 0 saturated heterocycles. The van der Waals surface area contributed by atoms with E-state index in [0.29, 0.717) is 29.2 Å². The molecule has 0 radical (unpaired) electrons. The van der Waals surface area contributed by atoms with Crippen molar-refractivity contribution in [3.8, 4) is 0 Å². The van der Waals surface area contributed by atoms with Gasteiger partial charge in [-0.05, 0) is 48.3 Å². The maximum Gasteiger partial charge on any atom is 0.132 e. The molecule has 0 aromatic heterocycles. The van der Waals surface area contributed by atoms with Gasteiger partial charge >= 0.3 is 0 Å². The molecule has 2 heteroatoms. The van der Waals surface area contributed by atoms with Crippen LogP contribution in [0.4, 0.5) is 4.39 Å². The van der Waals surface area contributed by atoms with Gasteiger partial charge in [0.05, 0.1) is 5.71 Å². The molecule has 0 aliphatic heterocycles. The number of rotatable bonds is 7. The van der Waals surface area contributed by atoms with Crippen molar-refractivity contribution in [1.29, 1.82) is 0 Å². The van der Waals surface area contributed by atoms with Crippen LogP contribution in [-0.2, 0) is 0 Å². The Morgan fingerprint density at radius 2 is 1.70 bits per heavy atom. The van der Waals surface area contributed by atoms with Crippen LogP contribution in [0.25, 0.3) is 0 Å². The lowest BCUT2D eigenvalue weighted by Gasteiger charge is -2.29. The second-order valence-electron chi connectivity index (χ2n) is 7.37. The summed E-state index contributed by atoms with van der Waals surface area (Å²) in [6.45, 7) is 13.5. The quantitative estimate of drug-likeness (QED) is 0.535. The summed E-state index contributed by atoms with van der Waals surface area (Å²) < 4.78 is 14.1. The number of hydrogen-bond donors (Lipinski definition) is 0. The van der Waals surface area contributed by atoms with Crippen LogP contribution in [0.5, 0.6) is 0 Å². The number of benzene rings is 1. The first-order valence-corrected chi connectivity index (χ1v) is 8.71. The Bertz CT molecular complexity index is 553.